The van der Waals surface area contributed by atoms with Gasteiger partial charge >= 0.3 is 0 Å². The van der Waals surface area contributed by atoms with Gasteiger partial charge in [-0.25, -0.2) is 4.98 Å². The molecule has 112 valence electrons. The zero-order valence-electron chi connectivity index (χ0n) is 12.6. The fourth-order valence-corrected chi connectivity index (χ4v) is 2.06. The average molecular weight is 298 g/mol. The number of hydrogen-bond acceptors (Lipinski definition) is 3. The van der Waals surface area contributed by atoms with Crippen LogP contribution in [-0.2, 0) is 0 Å². The monoisotopic (exact) mass is 297 g/mol. The lowest BCUT2D eigenvalue weighted by atomic mass is 10.2. The second-order valence-electron chi connectivity index (χ2n) is 4.71. The number of pyridine rings is 1. The number of aromatic nitrogens is 1. The molecular formula is C15H24ClN3O. The summed E-state index contributed by atoms with van der Waals surface area (Å²) in [5, 5.41) is 3.59. The smallest absolute Gasteiger partial charge is 0.255 e. The third-order valence-corrected chi connectivity index (χ3v) is 3.39. The summed E-state index contributed by atoms with van der Waals surface area (Å²) < 4.78 is 0. The summed E-state index contributed by atoms with van der Waals surface area (Å²) in [5.41, 5.74) is 0.526. The zero-order valence-corrected chi connectivity index (χ0v) is 13.3. The highest BCUT2D eigenvalue weighted by molar-refractivity contribution is 6.33. The van der Waals surface area contributed by atoms with Crippen LogP contribution in [0.5, 0.6) is 0 Å². The van der Waals surface area contributed by atoms with E-state index >= 15 is 0 Å². The van der Waals surface area contributed by atoms with Crippen molar-refractivity contribution >= 4 is 23.3 Å². The Kier molecular flexibility index (Phi) is 7.37. The van der Waals surface area contributed by atoms with Crippen LogP contribution < -0.4 is 5.32 Å². The Labute approximate surface area is 126 Å². The van der Waals surface area contributed by atoms with Gasteiger partial charge in [0.05, 0.1) is 10.6 Å². The molecule has 0 aliphatic heterocycles. The first kappa shape index (κ1) is 16.8. The molecule has 0 saturated carbocycles. The maximum absolute atomic E-state index is 12.5. The Balaban J connectivity index is 2.89. The van der Waals surface area contributed by atoms with Gasteiger partial charge in [0.2, 0.25) is 0 Å². The quantitative estimate of drug-likeness (QED) is 0.793. The number of unbranched alkanes of at least 4 members (excludes halogenated alkanes) is 1. The molecule has 0 spiro atoms. The fraction of sp³-hybridized carbons (Fsp3) is 0.600. The lowest BCUT2D eigenvalue weighted by molar-refractivity contribution is 0.0762. The first-order valence-electron chi connectivity index (χ1n) is 7.32. The minimum absolute atomic E-state index is 0.0205. The van der Waals surface area contributed by atoms with E-state index < -0.39 is 0 Å². The van der Waals surface area contributed by atoms with E-state index in [0.717, 1.165) is 32.4 Å². The topological polar surface area (TPSA) is 45.2 Å². The molecule has 0 radical (unpaired) electrons. The SMILES string of the molecule is CCCCN(CC)C(=O)c1cc(NCCC)ncc1Cl. The first-order chi connectivity index (χ1) is 9.63. The van der Waals surface area contributed by atoms with Crippen LogP contribution in [0.25, 0.3) is 0 Å². The highest BCUT2D eigenvalue weighted by atomic mass is 35.5. The average Bonchev–Trinajstić information content (AvgIpc) is 2.47. The van der Waals surface area contributed by atoms with Gasteiger partial charge < -0.3 is 10.2 Å². The number of halogens is 1. The van der Waals surface area contributed by atoms with E-state index in [1.54, 1.807) is 12.3 Å². The minimum atomic E-state index is -0.0205. The summed E-state index contributed by atoms with van der Waals surface area (Å²) in [6.45, 7) is 8.47. The van der Waals surface area contributed by atoms with Gasteiger partial charge in [0.1, 0.15) is 5.82 Å². The maximum Gasteiger partial charge on any atom is 0.255 e. The normalized spacial score (nSPS) is 10.4. The Hall–Kier alpha value is -1.29. The van der Waals surface area contributed by atoms with E-state index in [-0.39, 0.29) is 5.91 Å². The Bertz CT molecular complexity index is 437. The molecular weight excluding hydrogens is 274 g/mol. The molecule has 0 fully saturated rings. The van der Waals surface area contributed by atoms with Crippen LogP contribution in [0.1, 0.15) is 50.4 Å². The predicted octanol–water partition coefficient (Wildman–Crippen LogP) is 3.82. The molecule has 1 N–H and O–H groups in total. The Morgan fingerprint density at radius 3 is 2.70 bits per heavy atom. The van der Waals surface area contributed by atoms with Crippen molar-refractivity contribution in [3.05, 3.63) is 22.8 Å². The number of amides is 1. The lowest BCUT2D eigenvalue weighted by Gasteiger charge is -2.21. The predicted molar refractivity (Wildman–Crippen MR) is 84.5 cm³/mol. The molecule has 0 bridgehead atoms. The van der Waals surface area contributed by atoms with Gasteiger partial charge in [-0.15, -0.1) is 0 Å². The minimum Gasteiger partial charge on any atom is -0.370 e. The molecule has 0 aliphatic carbocycles. The number of hydrogen-bond donors (Lipinski definition) is 1. The van der Waals surface area contributed by atoms with E-state index in [0.29, 0.717) is 22.9 Å². The molecule has 1 aromatic rings. The van der Waals surface area contributed by atoms with Crippen molar-refractivity contribution < 1.29 is 4.79 Å². The summed E-state index contributed by atoms with van der Waals surface area (Å²) in [7, 11) is 0. The summed E-state index contributed by atoms with van der Waals surface area (Å²) in [6, 6.07) is 1.74. The molecule has 1 amide bonds. The van der Waals surface area contributed by atoms with Crippen LogP contribution in [0.15, 0.2) is 12.3 Å². The fourth-order valence-electron chi connectivity index (χ4n) is 1.87. The lowest BCUT2D eigenvalue weighted by Crippen LogP contribution is -2.32. The summed E-state index contributed by atoms with van der Waals surface area (Å²) in [4.78, 5) is 18.5. The van der Waals surface area contributed by atoms with Crippen molar-refractivity contribution in [1.82, 2.24) is 9.88 Å². The number of nitrogens with one attached hydrogen (secondary N) is 1. The summed E-state index contributed by atoms with van der Waals surface area (Å²) in [5.74, 6) is 0.680. The van der Waals surface area contributed by atoms with Crippen molar-refractivity contribution in [2.75, 3.05) is 25.0 Å². The van der Waals surface area contributed by atoms with Crippen LogP contribution in [-0.4, -0.2) is 35.4 Å². The second-order valence-corrected chi connectivity index (χ2v) is 5.12. The standard InChI is InChI=1S/C15H24ClN3O/c1-4-7-9-19(6-3)15(20)12-10-14(17-8-5-2)18-11-13(12)16/h10-11H,4-9H2,1-3H3,(H,17,18). The molecule has 20 heavy (non-hydrogen) atoms. The first-order valence-corrected chi connectivity index (χ1v) is 7.70. The molecule has 5 heteroatoms. The van der Waals surface area contributed by atoms with Crippen LogP contribution in [0.2, 0.25) is 5.02 Å². The van der Waals surface area contributed by atoms with Gasteiger partial charge in [-0.2, -0.15) is 0 Å². The number of carbonyl (C=O) groups excluding carboxylic acids is 1. The zero-order chi connectivity index (χ0) is 15.0. The van der Waals surface area contributed by atoms with Gasteiger partial charge in [0.15, 0.2) is 0 Å². The van der Waals surface area contributed by atoms with Crippen molar-refractivity contribution in [3.8, 4) is 0 Å². The van der Waals surface area contributed by atoms with Crippen molar-refractivity contribution in [3.63, 3.8) is 0 Å². The van der Waals surface area contributed by atoms with E-state index in [9.17, 15) is 4.79 Å². The highest BCUT2D eigenvalue weighted by Gasteiger charge is 2.17. The molecule has 4 nitrogen and oxygen atoms in total. The van der Waals surface area contributed by atoms with Gasteiger partial charge in [-0.3, -0.25) is 4.79 Å². The van der Waals surface area contributed by atoms with Gasteiger partial charge in [-0.1, -0.05) is 31.9 Å². The van der Waals surface area contributed by atoms with E-state index in [2.05, 4.69) is 24.1 Å². The van der Waals surface area contributed by atoms with Crippen molar-refractivity contribution in [2.24, 2.45) is 0 Å². The molecule has 0 unspecified atom stereocenters. The molecule has 0 aliphatic rings. The largest absolute Gasteiger partial charge is 0.370 e. The van der Waals surface area contributed by atoms with E-state index in [1.165, 1.54) is 0 Å². The second kappa shape index (κ2) is 8.80. The molecule has 1 heterocycles. The Morgan fingerprint density at radius 2 is 2.10 bits per heavy atom. The van der Waals surface area contributed by atoms with Gasteiger partial charge in [0.25, 0.3) is 5.91 Å². The van der Waals surface area contributed by atoms with E-state index in [4.69, 9.17) is 11.6 Å². The summed E-state index contributed by atoms with van der Waals surface area (Å²) in [6.07, 6.45) is 4.62. The molecule has 1 rings (SSSR count). The van der Waals surface area contributed by atoms with Crippen LogP contribution >= 0.6 is 11.6 Å². The third-order valence-electron chi connectivity index (χ3n) is 3.09. The Morgan fingerprint density at radius 1 is 1.35 bits per heavy atom. The van der Waals surface area contributed by atoms with Gasteiger partial charge in [0, 0.05) is 25.8 Å². The molecule has 1 aromatic heterocycles. The molecule has 0 atom stereocenters. The van der Waals surface area contributed by atoms with Crippen LogP contribution in [0.3, 0.4) is 0 Å². The van der Waals surface area contributed by atoms with Crippen molar-refractivity contribution in [1.29, 1.82) is 0 Å². The molecule has 0 saturated heterocycles. The molecule has 0 aromatic carbocycles. The maximum atomic E-state index is 12.5. The number of carbonyl (C=O) groups is 1. The number of nitrogens with zero attached hydrogens (tertiary/aromatic N) is 2. The van der Waals surface area contributed by atoms with Crippen LogP contribution in [0, 0.1) is 0 Å². The van der Waals surface area contributed by atoms with Crippen LogP contribution in [0.4, 0.5) is 5.82 Å². The number of anilines is 1. The number of rotatable bonds is 8. The van der Waals surface area contributed by atoms with Crippen molar-refractivity contribution in [2.45, 2.75) is 40.0 Å². The summed E-state index contributed by atoms with van der Waals surface area (Å²) >= 11 is 6.12. The van der Waals surface area contributed by atoms with Gasteiger partial charge in [-0.05, 0) is 25.8 Å². The third kappa shape index (κ3) is 4.67. The van der Waals surface area contributed by atoms with E-state index in [1.807, 2.05) is 11.8 Å². The highest BCUT2D eigenvalue weighted by Crippen LogP contribution is 2.20.